The molecule has 0 aliphatic rings. The van der Waals surface area contributed by atoms with E-state index in [0.29, 0.717) is 5.56 Å². The van der Waals surface area contributed by atoms with Gasteiger partial charge in [0.1, 0.15) is 17.6 Å². The molecule has 0 amide bonds. The molecule has 0 radical (unpaired) electrons. The summed E-state index contributed by atoms with van der Waals surface area (Å²) in [5.74, 6) is -1.24. The molecule has 0 aliphatic carbocycles. The Morgan fingerprint density at radius 3 is 2.00 bits per heavy atom. The molecule has 0 aromatic heterocycles. The van der Waals surface area contributed by atoms with Gasteiger partial charge in [-0.3, -0.25) is 4.79 Å². The zero-order valence-electron chi connectivity index (χ0n) is 10.0. The molecule has 2 rings (SSSR count). The first-order valence-electron chi connectivity index (χ1n) is 5.48. The van der Waals surface area contributed by atoms with Crippen molar-refractivity contribution < 1.29 is 19.4 Å². The fourth-order valence-electron chi connectivity index (χ4n) is 1.24. The predicted octanol–water partition coefficient (Wildman–Crippen LogP) is 2.30. The number of benzene rings is 2. The van der Waals surface area contributed by atoms with Crippen molar-refractivity contribution in [3.63, 3.8) is 0 Å². The van der Waals surface area contributed by atoms with Gasteiger partial charge in [0.2, 0.25) is 0 Å². The Kier molecular flexibility index (Phi) is 5.50. The number of phenols is 1. The molecule has 19 heavy (non-hydrogen) atoms. The van der Waals surface area contributed by atoms with Gasteiger partial charge < -0.3 is 15.9 Å². The number of phenolic OH excluding ortho intramolecular Hbond substituents is 1. The molecule has 0 saturated heterocycles. The van der Waals surface area contributed by atoms with Crippen molar-refractivity contribution in [2.75, 3.05) is 0 Å². The van der Waals surface area contributed by atoms with Crippen molar-refractivity contribution >= 4 is 5.97 Å². The highest BCUT2D eigenvalue weighted by Gasteiger charge is 2.12. The SMILES string of the molecule is NC(C(=O)O)c1ccccc1.Oc1ccc(F)cc1. The summed E-state index contributed by atoms with van der Waals surface area (Å²) in [6.45, 7) is 0. The zero-order valence-corrected chi connectivity index (χ0v) is 10.0. The summed E-state index contributed by atoms with van der Waals surface area (Å²) < 4.78 is 12.0. The average Bonchev–Trinajstić information content (AvgIpc) is 2.43. The maximum Gasteiger partial charge on any atom is 0.325 e. The standard InChI is InChI=1S/C8H9NO2.C6H5FO/c9-7(8(10)11)6-4-2-1-3-5-6;7-5-1-3-6(8)4-2-5/h1-5,7H,9H2,(H,10,11);1-4,8H. The molecule has 5 heteroatoms. The molecule has 0 fully saturated rings. The van der Waals surface area contributed by atoms with E-state index in [4.69, 9.17) is 15.9 Å². The number of carbonyl (C=O) groups is 1. The van der Waals surface area contributed by atoms with E-state index in [1.807, 2.05) is 6.07 Å². The third-order valence-corrected chi connectivity index (χ3v) is 2.25. The van der Waals surface area contributed by atoms with E-state index in [1.54, 1.807) is 24.3 Å². The largest absolute Gasteiger partial charge is 0.508 e. The van der Waals surface area contributed by atoms with Crippen LogP contribution in [0.4, 0.5) is 4.39 Å². The van der Waals surface area contributed by atoms with Gasteiger partial charge >= 0.3 is 5.97 Å². The lowest BCUT2D eigenvalue weighted by molar-refractivity contribution is -0.138. The van der Waals surface area contributed by atoms with Crippen molar-refractivity contribution in [2.45, 2.75) is 6.04 Å². The Morgan fingerprint density at radius 1 is 1.05 bits per heavy atom. The number of nitrogens with two attached hydrogens (primary N) is 1. The number of carboxylic acid groups (broad SMARTS) is 1. The third-order valence-electron chi connectivity index (χ3n) is 2.25. The highest BCUT2D eigenvalue weighted by molar-refractivity contribution is 5.75. The van der Waals surface area contributed by atoms with Crippen LogP contribution in [0.3, 0.4) is 0 Å². The van der Waals surface area contributed by atoms with Crippen LogP contribution in [0.5, 0.6) is 5.75 Å². The average molecular weight is 263 g/mol. The van der Waals surface area contributed by atoms with Crippen LogP contribution in [0.2, 0.25) is 0 Å². The van der Waals surface area contributed by atoms with E-state index in [0.717, 1.165) is 0 Å². The number of aromatic hydroxyl groups is 1. The van der Waals surface area contributed by atoms with Crippen LogP contribution < -0.4 is 5.73 Å². The first-order valence-corrected chi connectivity index (χ1v) is 5.48. The Balaban J connectivity index is 0.000000200. The fourth-order valence-corrected chi connectivity index (χ4v) is 1.24. The van der Waals surface area contributed by atoms with Crippen LogP contribution >= 0.6 is 0 Å². The van der Waals surface area contributed by atoms with E-state index < -0.39 is 12.0 Å². The number of carboxylic acids is 1. The molecular formula is C14H14FNO3. The molecule has 0 spiro atoms. The molecule has 100 valence electrons. The summed E-state index contributed by atoms with van der Waals surface area (Å²) in [5.41, 5.74) is 5.96. The van der Waals surface area contributed by atoms with Crippen LogP contribution in [-0.4, -0.2) is 16.2 Å². The van der Waals surface area contributed by atoms with E-state index in [9.17, 15) is 9.18 Å². The summed E-state index contributed by atoms with van der Waals surface area (Å²) >= 11 is 0. The number of rotatable bonds is 2. The first kappa shape index (κ1) is 14.7. The Labute approximate surface area is 109 Å². The molecule has 1 atom stereocenters. The maximum atomic E-state index is 12.0. The van der Waals surface area contributed by atoms with Gasteiger partial charge in [-0.2, -0.15) is 0 Å². The molecule has 2 aromatic rings. The van der Waals surface area contributed by atoms with Crippen molar-refractivity contribution in [1.82, 2.24) is 0 Å². The Hall–Kier alpha value is -2.40. The molecule has 2 aromatic carbocycles. The second-order valence-corrected chi connectivity index (χ2v) is 3.70. The summed E-state index contributed by atoms with van der Waals surface area (Å²) in [5, 5.41) is 17.1. The van der Waals surface area contributed by atoms with Gasteiger partial charge in [-0.25, -0.2) is 4.39 Å². The smallest absolute Gasteiger partial charge is 0.325 e. The van der Waals surface area contributed by atoms with Crippen LogP contribution in [0.1, 0.15) is 11.6 Å². The number of halogens is 1. The topological polar surface area (TPSA) is 83.6 Å². The zero-order chi connectivity index (χ0) is 14.3. The molecule has 0 heterocycles. The molecule has 0 saturated carbocycles. The molecule has 1 unspecified atom stereocenters. The van der Waals surface area contributed by atoms with Crippen molar-refractivity contribution in [3.8, 4) is 5.75 Å². The summed E-state index contributed by atoms with van der Waals surface area (Å²) in [7, 11) is 0. The third kappa shape index (κ3) is 5.18. The minimum atomic E-state index is -1.00. The Bertz CT molecular complexity index is 493. The lowest BCUT2D eigenvalue weighted by atomic mass is 10.1. The minimum absolute atomic E-state index is 0.0893. The van der Waals surface area contributed by atoms with Gasteiger partial charge in [-0.15, -0.1) is 0 Å². The van der Waals surface area contributed by atoms with Crippen molar-refractivity contribution in [1.29, 1.82) is 0 Å². The molecule has 0 bridgehead atoms. The molecule has 4 N–H and O–H groups in total. The fraction of sp³-hybridized carbons (Fsp3) is 0.0714. The van der Waals surface area contributed by atoms with Crippen molar-refractivity contribution in [3.05, 3.63) is 66.0 Å². The first-order chi connectivity index (χ1) is 9.00. The number of hydrogen-bond donors (Lipinski definition) is 3. The normalized spacial score (nSPS) is 11.1. The van der Waals surface area contributed by atoms with Gasteiger partial charge in [-0.05, 0) is 29.8 Å². The summed E-state index contributed by atoms with van der Waals surface area (Å²) in [4.78, 5) is 10.4. The lowest BCUT2D eigenvalue weighted by Gasteiger charge is -2.04. The second kappa shape index (κ2) is 7.13. The van der Waals surface area contributed by atoms with Gasteiger partial charge in [0.25, 0.3) is 0 Å². The molecule has 4 nitrogen and oxygen atoms in total. The molecule has 0 aliphatic heterocycles. The lowest BCUT2D eigenvalue weighted by Crippen LogP contribution is -2.20. The molecular weight excluding hydrogens is 249 g/mol. The number of aliphatic carboxylic acids is 1. The van der Waals surface area contributed by atoms with E-state index >= 15 is 0 Å². The highest BCUT2D eigenvalue weighted by atomic mass is 19.1. The van der Waals surface area contributed by atoms with Crippen LogP contribution in [0, 0.1) is 5.82 Å². The maximum absolute atomic E-state index is 12.0. The van der Waals surface area contributed by atoms with Gasteiger partial charge in [0.15, 0.2) is 0 Å². The summed E-state index contributed by atoms with van der Waals surface area (Å²) in [6.07, 6.45) is 0. The van der Waals surface area contributed by atoms with Gasteiger partial charge in [-0.1, -0.05) is 30.3 Å². The monoisotopic (exact) mass is 263 g/mol. The number of hydrogen-bond acceptors (Lipinski definition) is 3. The second-order valence-electron chi connectivity index (χ2n) is 3.70. The quantitative estimate of drug-likeness (QED) is 0.776. The van der Waals surface area contributed by atoms with Crippen molar-refractivity contribution in [2.24, 2.45) is 5.73 Å². The van der Waals surface area contributed by atoms with Crippen LogP contribution in [0.15, 0.2) is 54.6 Å². The van der Waals surface area contributed by atoms with Gasteiger partial charge in [0, 0.05) is 0 Å². The Morgan fingerprint density at radius 2 is 1.58 bits per heavy atom. The highest BCUT2D eigenvalue weighted by Crippen LogP contribution is 2.08. The van der Waals surface area contributed by atoms with Crippen LogP contribution in [-0.2, 0) is 4.79 Å². The van der Waals surface area contributed by atoms with Crippen LogP contribution in [0.25, 0.3) is 0 Å². The summed E-state index contributed by atoms with van der Waals surface area (Å²) in [6, 6.07) is 12.8. The van der Waals surface area contributed by atoms with E-state index in [-0.39, 0.29) is 11.6 Å². The van der Waals surface area contributed by atoms with E-state index in [1.165, 1.54) is 24.3 Å². The van der Waals surface area contributed by atoms with E-state index in [2.05, 4.69) is 0 Å². The predicted molar refractivity (Wildman–Crippen MR) is 69.1 cm³/mol. The van der Waals surface area contributed by atoms with Gasteiger partial charge in [0.05, 0.1) is 0 Å². The minimum Gasteiger partial charge on any atom is -0.508 e.